The molecule has 0 bridgehead atoms. The highest BCUT2D eigenvalue weighted by Crippen LogP contribution is 2.08. The van der Waals surface area contributed by atoms with Crippen molar-refractivity contribution in [2.45, 2.75) is 6.92 Å². The van der Waals surface area contributed by atoms with Crippen molar-refractivity contribution in [1.82, 2.24) is 4.57 Å². The van der Waals surface area contributed by atoms with Crippen molar-refractivity contribution < 1.29 is 9.50 Å². The third-order valence-electron chi connectivity index (χ3n) is 1.61. The summed E-state index contributed by atoms with van der Waals surface area (Å²) in [5, 5.41) is 8.99. The van der Waals surface area contributed by atoms with Gasteiger partial charge in [-0.15, -0.1) is 0 Å². The molecule has 60 valence electrons. The first kappa shape index (κ1) is 7.78. The number of aryl methyl sites for hydroxylation is 1. The summed E-state index contributed by atoms with van der Waals surface area (Å²) in [6.07, 6.45) is 1.04. The molecule has 0 saturated heterocycles. The van der Waals surface area contributed by atoms with Crippen molar-refractivity contribution in [1.29, 1.82) is 0 Å². The molecule has 0 amide bonds. The van der Waals surface area contributed by atoms with Crippen molar-refractivity contribution in [3.8, 4) is 5.75 Å². The molecule has 1 heterocycles. The Morgan fingerprint density at radius 1 is 1.64 bits per heavy atom. The third-order valence-corrected chi connectivity index (χ3v) is 1.61. The van der Waals surface area contributed by atoms with Crippen molar-refractivity contribution in [3.63, 3.8) is 0 Å². The van der Waals surface area contributed by atoms with E-state index in [0.717, 1.165) is 6.20 Å². The molecular weight excluding hydrogens is 149 g/mol. The SMILES string of the molecule is Cc1c(O)c(=O)c(F)cn1C. The number of aromatic nitrogens is 1. The van der Waals surface area contributed by atoms with Crippen molar-refractivity contribution >= 4 is 0 Å². The van der Waals surface area contributed by atoms with Crippen LogP contribution in [0.1, 0.15) is 5.69 Å². The molecule has 0 aromatic carbocycles. The van der Waals surface area contributed by atoms with E-state index in [1.165, 1.54) is 11.5 Å². The number of halogens is 1. The van der Waals surface area contributed by atoms with Crippen LogP contribution in [0.25, 0.3) is 0 Å². The van der Waals surface area contributed by atoms with Gasteiger partial charge >= 0.3 is 0 Å². The number of rotatable bonds is 0. The molecule has 0 aliphatic carbocycles. The fourth-order valence-electron chi connectivity index (χ4n) is 0.770. The summed E-state index contributed by atoms with van der Waals surface area (Å²) in [7, 11) is 1.55. The second-order valence-electron chi connectivity index (χ2n) is 2.35. The second kappa shape index (κ2) is 2.38. The Morgan fingerprint density at radius 2 is 2.18 bits per heavy atom. The maximum atomic E-state index is 12.5. The van der Waals surface area contributed by atoms with Gasteiger partial charge in [-0.2, -0.15) is 0 Å². The van der Waals surface area contributed by atoms with Gasteiger partial charge in [0.2, 0.25) is 0 Å². The van der Waals surface area contributed by atoms with Gasteiger partial charge in [0.15, 0.2) is 11.6 Å². The van der Waals surface area contributed by atoms with E-state index in [9.17, 15) is 9.18 Å². The maximum Gasteiger partial charge on any atom is 0.258 e. The molecule has 4 heteroatoms. The third kappa shape index (κ3) is 1.11. The highest BCUT2D eigenvalue weighted by atomic mass is 19.1. The van der Waals surface area contributed by atoms with Gasteiger partial charge in [-0.25, -0.2) is 4.39 Å². The number of hydrogen-bond donors (Lipinski definition) is 1. The molecular formula is C7H8FNO2. The van der Waals surface area contributed by atoms with Gasteiger partial charge in [0.25, 0.3) is 5.43 Å². The first-order chi connectivity index (χ1) is 5.04. The summed E-state index contributed by atoms with van der Waals surface area (Å²) in [6.45, 7) is 1.54. The largest absolute Gasteiger partial charge is 0.503 e. The Morgan fingerprint density at radius 3 is 2.73 bits per heavy atom. The van der Waals surface area contributed by atoms with Gasteiger partial charge in [0.1, 0.15) is 0 Å². The lowest BCUT2D eigenvalue weighted by molar-refractivity contribution is 0.445. The summed E-state index contributed by atoms with van der Waals surface area (Å²) in [4.78, 5) is 10.7. The van der Waals surface area contributed by atoms with Crippen LogP contribution in [0.3, 0.4) is 0 Å². The van der Waals surface area contributed by atoms with E-state index >= 15 is 0 Å². The fourth-order valence-corrected chi connectivity index (χ4v) is 0.770. The molecule has 1 aromatic rings. The van der Waals surface area contributed by atoms with E-state index < -0.39 is 17.0 Å². The Balaban J connectivity index is 3.59. The predicted octanol–water partition coefficient (Wildman–Crippen LogP) is 0.538. The zero-order valence-corrected chi connectivity index (χ0v) is 6.26. The highest BCUT2D eigenvalue weighted by molar-refractivity contribution is 5.25. The number of nitrogens with zero attached hydrogens (tertiary/aromatic N) is 1. The van der Waals surface area contributed by atoms with Crippen LogP contribution in [-0.2, 0) is 7.05 Å². The van der Waals surface area contributed by atoms with Crippen LogP contribution in [0.5, 0.6) is 5.75 Å². The molecule has 0 aliphatic rings. The van der Waals surface area contributed by atoms with Gasteiger partial charge in [0, 0.05) is 13.2 Å². The predicted molar refractivity (Wildman–Crippen MR) is 38.0 cm³/mol. The summed E-state index contributed by atoms with van der Waals surface area (Å²) in [5.74, 6) is -1.46. The lowest BCUT2D eigenvalue weighted by Crippen LogP contribution is -2.12. The summed E-state index contributed by atoms with van der Waals surface area (Å²) in [5.41, 5.74) is -0.586. The van der Waals surface area contributed by atoms with Crippen LogP contribution in [0.15, 0.2) is 11.0 Å². The van der Waals surface area contributed by atoms with Gasteiger partial charge in [0.05, 0.1) is 5.69 Å². The van der Waals surface area contributed by atoms with Gasteiger partial charge in [-0.1, -0.05) is 0 Å². The summed E-state index contributed by atoms with van der Waals surface area (Å²) >= 11 is 0. The molecule has 1 N–H and O–H groups in total. The maximum absolute atomic E-state index is 12.5. The molecule has 11 heavy (non-hydrogen) atoms. The molecule has 0 spiro atoms. The molecule has 0 atom stereocenters. The monoisotopic (exact) mass is 157 g/mol. The first-order valence-corrected chi connectivity index (χ1v) is 3.08. The zero-order valence-electron chi connectivity index (χ0n) is 6.26. The van der Waals surface area contributed by atoms with Crippen molar-refractivity contribution in [2.24, 2.45) is 7.05 Å². The molecule has 3 nitrogen and oxygen atoms in total. The summed E-state index contributed by atoms with van der Waals surface area (Å²) in [6, 6.07) is 0. The highest BCUT2D eigenvalue weighted by Gasteiger charge is 2.08. The van der Waals surface area contributed by atoms with Crippen LogP contribution in [0.4, 0.5) is 4.39 Å². The van der Waals surface area contributed by atoms with Crippen molar-refractivity contribution in [2.75, 3.05) is 0 Å². The average Bonchev–Trinajstić information content (AvgIpc) is 1.97. The van der Waals surface area contributed by atoms with Crippen LogP contribution in [0.2, 0.25) is 0 Å². The number of hydrogen-bond acceptors (Lipinski definition) is 2. The van der Waals surface area contributed by atoms with E-state index in [4.69, 9.17) is 5.11 Å². The second-order valence-corrected chi connectivity index (χ2v) is 2.35. The van der Waals surface area contributed by atoms with Gasteiger partial charge < -0.3 is 9.67 Å². The van der Waals surface area contributed by atoms with E-state index in [0.29, 0.717) is 5.69 Å². The Hall–Kier alpha value is -1.32. The minimum Gasteiger partial charge on any atom is -0.503 e. The van der Waals surface area contributed by atoms with Crippen LogP contribution in [0, 0.1) is 12.7 Å². The van der Waals surface area contributed by atoms with Gasteiger partial charge in [-0.3, -0.25) is 4.79 Å². The van der Waals surface area contributed by atoms with E-state index in [1.807, 2.05) is 0 Å². The lowest BCUT2D eigenvalue weighted by Gasteiger charge is -2.04. The zero-order chi connectivity index (χ0) is 8.59. The lowest BCUT2D eigenvalue weighted by atomic mass is 10.3. The molecule has 0 fully saturated rings. The van der Waals surface area contributed by atoms with Crippen molar-refractivity contribution in [3.05, 3.63) is 27.9 Å². The molecule has 1 aromatic heterocycles. The molecule has 0 aliphatic heterocycles. The first-order valence-electron chi connectivity index (χ1n) is 3.08. The van der Waals surface area contributed by atoms with E-state index in [-0.39, 0.29) is 0 Å². The smallest absolute Gasteiger partial charge is 0.258 e. The van der Waals surface area contributed by atoms with Crippen LogP contribution in [-0.4, -0.2) is 9.67 Å². The molecule has 0 unspecified atom stereocenters. The molecule has 0 radical (unpaired) electrons. The van der Waals surface area contributed by atoms with Crippen LogP contribution < -0.4 is 5.43 Å². The van der Waals surface area contributed by atoms with Crippen LogP contribution >= 0.6 is 0 Å². The quantitative estimate of drug-likeness (QED) is 0.597. The Kier molecular flexibility index (Phi) is 1.68. The average molecular weight is 157 g/mol. The Labute approximate surface area is 62.7 Å². The topological polar surface area (TPSA) is 42.2 Å². The molecule has 0 saturated carbocycles. The fraction of sp³-hybridized carbons (Fsp3) is 0.286. The normalized spacial score (nSPS) is 10.1. The minimum atomic E-state index is -0.944. The number of pyridine rings is 1. The van der Waals surface area contributed by atoms with Gasteiger partial charge in [-0.05, 0) is 6.92 Å². The van der Waals surface area contributed by atoms with E-state index in [2.05, 4.69) is 0 Å². The standard InChI is InChI=1S/C7H8FNO2/c1-4-6(10)7(11)5(8)3-9(4)2/h3,10H,1-2H3. The number of aromatic hydroxyl groups is 1. The summed E-state index contributed by atoms with van der Waals surface area (Å²) < 4.78 is 13.9. The van der Waals surface area contributed by atoms with E-state index in [1.54, 1.807) is 7.05 Å². The Bertz CT molecular complexity index is 343. The molecule has 1 rings (SSSR count). The minimum absolute atomic E-state index is 0.358.